The van der Waals surface area contributed by atoms with Crippen LogP contribution in [0.15, 0.2) is 94.7 Å². The highest BCUT2D eigenvalue weighted by Gasteiger charge is 2.19. The summed E-state index contributed by atoms with van der Waals surface area (Å²) in [5, 5.41) is 0. The highest BCUT2D eigenvalue weighted by Crippen LogP contribution is 2.36. The van der Waals surface area contributed by atoms with E-state index in [1.54, 1.807) is 24.3 Å². The Labute approximate surface area is 219 Å². The van der Waals surface area contributed by atoms with Gasteiger partial charge in [-0.05, 0) is 83.9 Å². The predicted octanol–water partition coefficient (Wildman–Crippen LogP) is 5.25. The molecule has 0 saturated carbocycles. The number of halogens is 2. The molecule has 0 heterocycles. The highest BCUT2D eigenvalue weighted by molar-refractivity contribution is 7.93. The quantitative estimate of drug-likeness (QED) is 0.289. The Balaban J connectivity index is 1.61. The monoisotopic (exact) mass is 560 g/mol. The Bertz CT molecular complexity index is 1550. The summed E-state index contributed by atoms with van der Waals surface area (Å²) in [4.78, 5) is -0.234. The third-order valence-corrected chi connectivity index (χ3v) is 8.24. The van der Waals surface area contributed by atoms with Crippen molar-refractivity contribution in [3.63, 3.8) is 0 Å². The van der Waals surface area contributed by atoms with Gasteiger partial charge in [0.1, 0.15) is 23.1 Å². The van der Waals surface area contributed by atoms with Gasteiger partial charge in [0, 0.05) is 0 Å². The van der Waals surface area contributed by atoms with E-state index in [1.807, 2.05) is 0 Å². The topological polar surface area (TPSA) is 111 Å². The first-order valence-electron chi connectivity index (χ1n) is 11.0. The summed E-state index contributed by atoms with van der Waals surface area (Å²) in [6, 6.07) is 18.3. The number of rotatable bonds is 9. The van der Waals surface area contributed by atoms with Crippen LogP contribution < -0.4 is 18.9 Å². The Morgan fingerprint density at radius 3 is 1.21 bits per heavy atom. The highest BCUT2D eigenvalue weighted by atomic mass is 32.2. The second-order valence-electron chi connectivity index (χ2n) is 7.95. The maximum absolute atomic E-state index is 13.2. The predicted molar refractivity (Wildman–Crippen MR) is 139 cm³/mol. The number of hydrogen-bond donors (Lipinski definition) is 2. The summed E-state index contributed by atoms with van der Waals surface area (Å²) in [7, 11) is -5.25. The second kappa shape index (κ2) is 10.7. The molecule has 0 spiro atoms. The molecule has 0 saturated heterocycles. The number of nitrogens with one attached hydrogen (secondary N) is 2. The van der Waals surface area contributed by atoms with E-state index in [-0.39, 0.29) is 32.7 Å². The third kappa shape index (κ3) is 5.87. The number of benzene rings is 4. The lowest BCUT2D eigenvalue weighted by Crippen LogP contribution is -2.14. The van der Waals surface area contributed by atoms with E-state index in [2.05, 4.69) is 9.44 Å². The van der Waals surface area contributed by atoms with Crippen LogP contribution in [0.2, 0.25) is 0 Å². The Morgan fingerprint density at radius 1 is 0.553 bits per heavy atom. The lowest BCUT2D eigenvalue weighted by atomic mass is 10.0. The summed E-state index contributed by atoms with van der Waals surface area (Å²) < 4.78 is 92.8. The van der Waals surface area contributed by atoms with Crippen LogP contribution in [0.5, 0.6) is 11.5 Å². The maximum Gasteiger partial charge on any atom is 0.262 e. The van der Waals surface area contributed by atoms with Crippen molar-refractivity contribution in [3.8, 4) is 22.6 Å². The minimum Gasteiger partial charge on any atom is -0.495 e. The molecule has 198 valence electrons. The van der Waals surface area contributed by atoms with Crippen molar-refractivity contribution in [2.24, 2.45) is 0 Å². The molecule has 0 aromatic heterocycles. The van der Waals surface area contributed by atoms with Gasteiger partial charge in [0.25, 0.3) is 20.0 Å². The molecule has 4 aromatic rings. The average molecular weight is 561 g/mol. The summed E-state index contributed by atoms with van der Waals surface area (Å²) in [5.41, 5.74) is 1.57. The number of anilines is 2. The Morgan fingerprint density at radius 2 is 0.895 bits per heavy atom. The minimum absolute atomic E-state index is 0.117. The van der Waals surface area contributed by atoms with Gasteiger partial charge in [-0.25, -0.2) is 25.6 Å². The molecule has 0 bridgehead atoms. The number of ether oxygens (including phenoxy) is 2. The number of hydrogen-bond acceptors (Lipinski definition) is 6. The van der Waals surface area contributed by atoms with Gasteiger partial charge in [0.15, 0.2) is 0 Å². The van der Waals surface area contributed by atoms with Crippen LogP contribution in [0.3, 0.4) is 0 Å². The first kappa shape index (κ1) is 26.9. The third-order valence-electron chi connectivity index (χ3n) is 5.47. The molecule has 0 radical (unpaired) electrons. The molecule has 8 nitrogen and oxygen atoms in total. The van der Waals surface area contributed by atoms with Gasteiger partial charge >= 0.3 is 0 Å². The molecule has 2 N–H and O–H groups in total. The van der Waals surface area contributed by atoms with Crippen molar-refractivity contribution in [3.05, 3.63) is 96.6 Å². The normalized spacial score (nSPS) is 11.6. The van der Waals surface area contributed by atoms with Gasteiger partial charge in [-0.3, -0.25) is 9.44 Å². The largest absolute Gasteiger partial charge is 0.495 e. The van der Waals surface area contributed by atoms with Gasteiger partial charge in [0.2, 0.25) is 0 Å². The lowest BCUT2D eigenvalue weighted by molar-refractivity contribution is 0.416. The molecule has 12 heteroatoms. The molecule has 0 atom stereocenters. The fourth-order valence-corrected chi connectivity index (χ4v) is 5.69. The van der Waals surface area contributed by atoms with E-state index >= 15 is 0 Å². The molecule has 0 aliphatic carbocycles. The molecule has 0 unspecified atom stereocenters. The van der Waals surface area contributed by atoms with Crippen LogP contribution >= 0.6 is 0 Å². The van der Waals surface area contributed by atoms with Crippen molar-refractivity contribution in [1.29, 1.82) is 0 Å². The molecule has 4 aromatic carbocycles. The molecule has 0 fully saturated rings. The molecular weight excluding hydrogens is 538 g/mol. The second-order valence-corrected chi connectivity index (χ2v) is 11.3. The van der Waals surface area contributed by atoms with Crippen molar-refractivity contribution in [2.75, 3.05) is 23.7 Å². The van der Waals surface area contributed by atoms with E-state index in [0.717, 1.165) is 48.5 Å². The van der Waals surface area contributed by atoms with Crippen LogP contribution in [0, 0.1) is 11.6 Å². The van der Waals surface area contributed by atoms with Crippen molar-refractivity contribution >= 4 is 31.4 Å². The van der Waals surface area contributed by atoms with E-state index in [9.17, 15) is 25.6 Å². The van der Waals surface area contributed by atoms with E-state index in [4.69, 9.17) is 9.47 Å². The van der Waals surface area contributed by atoms with Crippen LogP contribution in [-0.2, 0) is 20.0 Å². The molecule has 0 amide bonds. The van der Waals surface area contributed by atoms with Gasteiger partial charge in [-0.15, -0.1) is 0 Å². The molecule has 38 heavy (non-hydrogen) atoms. The molecule has 0 aliphatic heterocycles. The van der Waals surface area contributed by atoms with Gasteiger partial charge in [-0.1, -0.05) is 12.1 Å². The first-order valence-corrected chi connectivity index (χ1v) is 13.9. The molecular formula is C26H22F2N2O6S2. The van der Waals surface area contributed by atoms with Crippen molar-refractivity contribution < 1.29 is 35.1 Å². The van der Waals surface area contributed by atoms with Gasteiger partial charge < -0.3 is 9.47 Å². The van der Waals surface area contributed by atoms with Crippen LogP contribution in [-0.4, -0.2) is 31.1 Å². The Hall–Kier alpha value is -4.16. The van der Waals surface area contributed by atoms with Crippen LogP contribution in [0.4, 0.5) is 20.2 Å². The van der Waals surface area contributed by atoms with Crippen molar-refractivity contribution in [2.45, 2.75) is 9.79 Å². The smallest absolute Gasteiger partial charge is 0.262 e. The summed E-state index contributed by atoms with van der Waals surface area (Å²) in [6.07, 6.45) is 0. The molecule has 4 rings (SSSR count). The van der Waals surface area contributed by atoms with Crippen molar-refractivity contribution in [1.82, 2.24) is 0 Å². The fraction of sp³-hybridized carbons (Fsp3) is 0.0769. The number of sulfonamides is 2. The summed E-state index contributed by atoms with van der Waals surface area (Å²) >= 11 is 0. The van der Waals surface area contributed by atoms with Crippen LogP contribution in [0.25, 0.3) is 11.1 Å². The zero-order valence-corrected chi connectivity index (χ0v) is 21.7. The molecule has 0 aliphatic rings. The minimum atomic E-state index is -4.00. The summed E-state index contributed by atoms with van der Waals surface area (Å²) in [5.74, 6) is -0.687. The summed E-state index contributed by atoms with van der Waals surface area (Å²) in [6.45, 7) is 0. The van der Waals surface area contributed by atoms with E-state index in [0.29, 0.717) is 11.1 Å². The van der Waals surface area contributed by atoms with E-state index in [1.165, 1.54) is 26.4 Å². The first-order chi connectivity index (χ1) is 18.0. The zero-order valence-electron chi connectivity index (χ0n) is 20.1. The Kier molecular flexibility index (Phi) is 7.56. The number of methoxy groups -OCH3 is 2. The fourth-order valence-electron chi connectivity index (χ4n) is 3.55. The lowest BCUT2D eigenvalue weighted by Gasteiger charge is -2.15. The van der Waals surface area contributed by atoms with Gasteiger partial charge in [-0.2, -0.15) is 0 Å². The maximum atomic E-state index is 13.2. The van der Waals surface area contributed by atoms with Crippen LogP contribution in [0.1, 0.15) is 0 Å². The zero-order chi connectivity index (χ0) is 27.5. The van der Waals surface area contributed by atoms with E-state index < -0.39 is 31.7 Å². The van der Waals surface area contributed by atoms with Gasteiger partial charge in [0.05, 0.1) is 35.4 Å². The SMILES string of the molecule is COc1cc(-c2ccc(NS(=O)(=O)c3ccc(F)cc3)c(OC)c2)ccc1NS(=O)(=O)c1ccc(F)cc1. The standard InChI is InChI=1S/C26H22F2N2O6S2/c1-35-25-15-17(3-13-23(25)29-37(31,32)21-9-5-19(27)6-10-21)18-4-14-24(26(16-18)36-2)30-38(33,34)22-11-7-20(28)8-12-22/h3-16,29-30H,1-2H3. The average Bonchev–Trinajstić information content (AvgIpc) is 2.89.